The summed E-state index contributed by atoms with van der Waals surface area (Å²) in [6.07, 6.45) is 3.72. The van der Waals surface area contributed by atoms with Crippen molar-refractivity contribution in [1.29, 1.82) is 0 Å². The molecule has 2 aromatic rings. The highest BCUT2D eigenvalue weighted by atomic mass is 32.2. The second-order valence-electron chi connectivity index (χ2n) is 6.29. The highest BCUT2D eigenvalue weighted by Crippen LogP contribution is 2.25. The van der Waals surface area contributed by atoms with Crippen molar-refractivity contribution < 1.29 is 23.1 Å². The smallest absolute Gasteiger partial charge is 0.265 e. The minimum atomic E-state index is -3.61. The van der Waals surface area contributed by atoms with Gasteiger partial charge in [0.1, 0.15) is 0 Å². The Morgan fingerprint density at radius 1 is 1.07 bits per heavy atom. The molecule has 0 aliphatic carbocycles. The average molecular weight is 407 g/mol. The van der Waals surface area contributed by atoms with Crippen LogP contribution in [-0.2, 0) is 10.0 Å². The van der Waals surface area contributed by atoms with Gasteiger partial charge in [-0.05, 0) is 36.6 Å². The summed E-state index contributed by atoms with van der Waals surface area (Å²) in [5.41, 5.74) is 0.246. The molecule has 144 valence electrons. The van der Waals surface area contributed by atoms with Gasteiger partial charge in [-0.25, -0.2) is 8.42 Å². The molecule has 0 bridgehead atoms. The van der Waals surface area contributed by atoms with Crippen LogP contribution in [0.1, 0.15) is 45.7 Å². The number of nitrogens with zero attached hydrogens (tertiary/aromatic N) is 1. The van der Waals surface area contributed by atoms with Gasteiger partial charge in [-0.2, -0.15) is 4.31 Å². The first-order valence-corrected chi connectivity index (χ1v) is 10.9. The number of carboxylic acids is 1. The molecule has 1 saturated heterocycles. The number of benzene rings is 1. The third-order valence-corrected chi connectivity index (χ3v) is 7.31. The van der Waals surface area contributed by atoms with Crippen molar-refractivity contribution in [2.75, 3.05) is 18.4 Å². The maximum absolute atomic E-state index is 12.8. The molecule has 1 fully saturated rings. The van der Waals surface area contributed by atoms with Gasteiger partial charge in [-0.1, -0.05) is 25.0 Å². The Hall–Kier alpha value is -2.23. The Balaban J connectivity index is 1.75. The summed E-state index contributed by atoms with van der Waals surface area (Å²) < 4.78 is 27.0. The Morgan fingerprint density at radius 3 is 2.44 bits per heavy atom. The number of anilines is 1. The van der Waals surface area contributed by atoms with E-state index in [1.54, 1.807) is 6.07 Å². The minimum Gasteiger partial charge on any atom is -0.545 e. The van der Waals surface area contributed by atoms with Gasteiger partial charge in [0.05, 0.1) is 15.7 Å². The van der Waals surface area contributed by atoms with Gasteiger partial charge in [-0.3, -0.25) is 4.79 Å². The Bertz CT molecular complexity index is 944. The van der Waals surface area contributed by atoms with Crippen LogP contribution in [0.4, 0.5) is 5.69 Å². The summed E-state index contributed by atoms with van der Waals surface area (Å²) in [4.78, 5) is 23.7. The van der Waals surface area contributed by atoms with E-state index in [1.807, 2.05) is 0 Å². The SMILES string of the molecule is O=C([O-])c1cccc(NC(=O)c2cc(S(=O)(=O)N3CCCCCC3)cs2)c1. The van der Waals surface area contributed by atoms with E-state index in [9.17, 15) is 23.1 Å². The van der Waals surface area contributed by atoms with Crippen molar-refractivity contribution in [3.63, 3.8) is 0 Å². The van der Waals surface area contributed by atoms with E-state index in [1.165, 1.54) is 34.0 Å². The van der Waals surface area contributed by atoms with Gasteiger partial charge < -0.3 is 15.2 Å². The number of sulfonamides is 1. The van der Waals surface area contributed by atoms with E-state index in [-0.39, 0.29) is 15.3 Å². The molecule has 1 aliphatic heterocycles. The van der Waals surface area contributed by atoms with Gasteiger partial charge in [-0.15, -0.1) is 11.3 Å². The highest BCUT2D eigenvalue weighted by molar-refractivity contribution is 7.89. The van der Waals surface area contributed by atoms with Gasteiger partial charge in [0.25, 0.3) is 5.91 Å². The first kappa shape index (κ1) is 19.5. The Morgan fingerprint density at radius 2 is 1.78 bits per heavy atom. The predicted molar refractivity (Wildman–Crippen MR) is 100 cm³/mol. The van der Waals surface area contributed by atoms with Crippen LogP contribution in [-0.4, -0.2) is 37.7 Å². The van der Waals surface area contributed by atoms with Crippen molar-refractivity contribution in [3.05, 3.63) is 46.2 Å². The second-order valence-corrected chi connectivity index (χ2v) is 9.14. The van der Waals surface area contributed by atoms with Crippen molar-refractivity contribution in [3.8, 4) is 0 Å². The number of carboxylic acid groups (broad SMARTS) is 1. The van der Waals surface area contributed by atoms with Crippen LogP contribution in [0.2, 0.25) is 0 Å². The van der Waals surface area contributed by atoms with Crippen molar-refractivity contribution >= 4 is 38.9 Å². The van der Waals surface area contributed by atoms with Crippen LogP contribution >= 0.6 is 11.3 Å². The Labute approximate surface area is 161 Å². The molecule has 9 heteroatoms. The summed E-state index contributed by atoms with van der Waals surface area (Å²) in [6, 6.07) is 7.05. The zero-order valence-corrected chi connectivity index (χ0v) is 16.1. The molecule has 0 saturated carbocycles. The van der Waals surface area contributed by atoms with E-state index in [0.717, 1.165) is 37.0 Å². The summed E-state index contributed by atoms with van der Waals surface area (Å²) in [6.45, 7) is 0.992. The molecule has 1 aliphatic rings. The molecular formula is C18H19N2O5S2-. The van der Waals surface area contributed by atoms with E-state index in [4.69, 9.17) is 0 Å². The van der Waals surface area contributed by atoms with E-state index < -0.39 is 21.9 Å². The Kier molecular flexibility index (Phi) is 5.93. The van der Waals surface area contributed by atoms with Crippen molar-refractivity contribution in [2.45, 2.75) is 30.6 Å². The number of hydrogen-bond acceptors (Lipinski definition) is 6. The van der Waals surface area contributed by atoms with Crippen LogP contribution in [0, 0.1) is 0 Å². The fraction of sp³-hybridized carbons (Fsp3) is 0.333. The number of nitrogens with one attached hydrogen (secondary N) is 1. The number of carbonyl (C=O) groups is 2. The van der Waals surface area contributed by atoms with Gasteiger partial charge in [0.2, 0.25) is 10.0 Å². The van der Waals surface area contributed by atoms with E-state index >= 15 is 0 Å². The number of thiophene rings is 1. The maximum Gasteiger partial charge on any atom is 0.265 e. The molecule has 27 heavy (non-hydrogen) atoms. The number of rotatable bonds is 5. The fourth-order valence-corrected chi connectivity index (χ4v) is 5.59. The second kappa shape index (κ2) is 8.20. The quantitative estimate of drug-likeness (QED) is 0.815. The first-order chi connectivity index (χ1) is 12.9. The third-order valence-electron chi connectivity index (χ3n) is 4.36. The fourth-order valence-electron chi connectivity index (χ4n) is 2.92. The van der Waals surface area contributed by atoms with E-state index in [0.29, 0.717) is 18.8 Å². The largest absolute Gasteiger partial charge is 0.545 e. The lowest BCUT2D eigenvalue weighted by molar-refractivity contribution is -0.255. The third kappa shape index (κ3) is 4.55. The number of amides is 1. The summed E-state index contributed by atoms with van der Waals surface area (Å²) in [5, 5.41) is 14.9. The molecule has 1 aromatic heterocycles. The van der Waals surface area contributed by atoms with Crippen molar-refractivity contribution in [2.24, 2.45) is 0 Å². The molecule has 0 unspecified atom stereocenters. The molecule has 0 radical (unpaired) electrons. The van der Waals surface area contributed by atoms with Crippen molar-refractivity contribution in [1.82, 2.24) is 4.31 Å². The van der Waals surface area contributed by atoms with Crippen LogP contribution in [0.15, 0.2) is 40.6 Å². The number of carbonyl (C=O) groups excluding carboxylic acids is 2. The standard InChI is InChI=1S/C18H20N2O5S2/c21-17(19-14-7-5-6-13(10-14)18(22)23)16-11-15(12-26-16)27(24,25)20-8-3-1-2-4-9-20/h5-7,10-12H,1-4,8-9H2,(H,19,21)(H,22,23)/p-1. The predicted octanol–water partition coefficient (Wildman–Crippen LogP) is 1.93. The van der Waals surface area contributed by atoms with Crippen LogP contribution in [0.3, 0.4) is 0 Å². The minimum absolute atomic E-state index is 0.0524. The summed E-state index contributed by atoms with van der Waals surface area (Å²) in [7, 11) is -3.61. The first-order valence-electron chi connectivity index (χ1n) is 8.59. The lowest BCUT2D eigenvalue weighted by atomic mass is 10.2. The molecule has 7 nitrogen and oxygen atoms in total. The highest BCUT2D eigenvalue weighted by Gasteiger charge is 2.27. The molecule has 3 rings (SSSR count). The zero-order chi connectivity index (χ0) is 19.4. The average Bonchev–Trinajstić information content (AvgIpc) is 2.98. The van der Waals surface area contributed by atoms with Gasteiger partial charge in [0.15, 0.2) is 0 Å². The topological polar surface area (TPSA) is 107 Å². The molecule has 0 spiro atoms. The summed E-state index contributed by atoms with van der Waals surface area (Å²) >= 11 is 1.04. The van der Waals surface area contributed by atoms with Gasteiger partial charge in [0, 0.05) is 24.2 Å². The lowest BCUT2D eigenvalue weighted by Gasteiger charge is -2.18. The monoisotopic (exact) mass is 407 g/mol. The molecule has 1 aromatic carbocycles. The van der Waals surface area contributed by atoms with E-state index in [2.05, 4.69) is 5.32 Å². The molecule has 0 atom stereocenters. The van der Waals surface area contributed by atoms with Crippen LogP contribution in [0.5, 0.6) is 0 Å². The summed E-state index contributed by atoms with van der Waals surface area (Å²) in [5.74, 6) is -1.83. The van der Waals surface area contributed by atoms with Gasteiger partial charge >= 0.3 is 0 Å². The zero-order valence-electron chi connectivity index (χ0n) is 14.5. The maximum atomic E-state index is 12.8. The molecular weight excluding hydrogens is 388 g/mol. The lowest BCUT2D eigenvalue weighted by Crippen LogP contribution is -2.31. The normalized spacial score (nSPS) is 15.9. The molecule has 1 amide bonds. The number of aromatic carboxylic acids is 1. The molecule has 1 N–H and O–H groups in total. The van der Waals surface area contributed by atoms with Crippen LogP contribution in [0.25, 0.3) is 0 Å². The number of hydrogen-bond donors (Lipinski definition) is 1. The molecule has 2 heterocycles. The van der Waals surface area contributed by atoms with Crippen LogP contribution < -0.4 is 10.4 Å².